The number of carbonyl (C=O) groups is 1. The zero-order chi connectivity index (χ0) is 27.0. The molecule has 0 fully saturated rings. The van der Waals surface area contributed by atoms with E-state index >= 15 is 0 Å². The van der Waals surface area contributed by atoms with Gasteiger partial charge in [0.05, 0.1) is 30.7 Å². The molecule has 0 saturated heterocycles. The van der Waals surface area contributed by atoms with Crippen molar-refractivity contribution in [3.63, 3.8) is 0 Å². The van der Waals surface area contributed by atoms with Crippen molar-refractivity contribution in [1.82, 2.24) is 0 Å². The molecule has 196 valence electrons. The van der Waals surface area contributed by atoms with Gasteiger partial charge in [0.25, 0.3) is 5.91 Å². The van der Waals surface area contributed by atoms with Gasteiger partial charge in [-0.15, -0.1) is 0 Å². The molecule has 0 spiro atoms. The van der Waals surface area contributed by atoms with Crippen molar-refractivity contribution in [2.75, 3.05) is 18.6 Å². The summed E-state index contributed by atoms with van der Waals surface area (Å²) in [5.74, 6) is 0.924. The van der Waals surface area contributed by atoms with E-state index in [0.717, 1.165) is 41.5 Å². The molecule has 0 radical (unpaired) electrons. The van der Waals surface area contributed by atoms with Crippen LogP contribution in [-0.2, 0) is 6.42 Å². The zero-order valence-corrected chi connectivity index (χ0v) is 22.6. The molecule has 2 heterocycles. The number of benzene rings is 3. The van der Waals surface area contributed by atoms with Gasteiger partial charge in [-0.1, -0.05) is 38.5 Å². The van der Waals surface area contributed by atoms with Gasteiger partial charge in [-0.25, -0.2) is 0 Å². The van der Waals surface area contributed by atoms with Gasteiger partial charge in [0.15, 0.2) is 16.9 Å². The van der Waals surface area contributed by atoms with Crippen LogP contribution >= 0.6 is 0 Å². The Bertz CT molecular complexity index is 1570. The highest BCUT2D eigenvalue weighted by Crippen LogP contribution is 2.43. The van der Waals surface area contributed by atoms with E-state index in [2.05, 4.69) is 13.8 Å². The normalized spacial score (nSPS) is 14.7. The molecule has 1 amide bonds. The molecule has 1 aliphatic rings. The van der Waals surface area contributed by atoms with Crippen molar-refractivity contribution in [3.05, 3.63) is 98.4 Å². The second-order valence-electron chi connectivity index (χ2n) is 9.82. The van der Waals surface area contributed by atoms with Gasteiger partial charge in [0.2, 0.25) is 5.76 Å². The molecule has 4 aromatic rings. The van der Waals surface area contributed by atoms with Crippen molar-refractivity contribution in [1.29, 1.82) is 0 Å². The molecule has 0 N–H and O–H groups in total. The Morgan fingerprint density at radius 1 is 0.921 bits per heavy atom. The predicted octanol–water partition coefficient (Wildman–Crippen LogP) is 6.91. The molecule has 1 unspecified atom stereocenters. The Hall–Kier alpha value is -4.06. The summed E-state index contributed by atoms with van der Waals surface area (Å²) in [6, 6.07) is 16.5. The van der Waals surface area contributed by atoms with E-state index < -0.39 is 6.04 Å². The van der Waals surface area contributed by atoms with Gasteiger partial charge in [-0.2, -0.15) is 0 Å². The van der Waals surface area contributed by atoms with Crippen molar-refractivity contribution in [2.24, 2.45) is 0 Å². The van der Waals surface area contributed by atoms with E-state index in [1.54, 1.807) is 12.0 Å². The molecule has 1 aromatic heterocycles. The molecule has 6 nitrogen and oxygen atoms in total. The van der Waals surface area contributed by atoms with Crippen LogP contribution in [0.4, 0.5) is 5.69 Å². The third-order valence-electron chi connectivity index (χ3n) is 7.37. The highest BCUT2D eigenvalue weighted by molar-refractivity contribution is 6.10. The first-order valence-electron chi connectivity index (χ1n) is 13.2. The van der Waals surface area contributed by atoms with Gasteiger partial charge >= 0.3 is 0 Å². The molecule has 38 heavy (non-hydrogen) atoms. The monoisotopic (exact) mass is 511 g/mol. The standard InChI is InChI=1S/C32H33NO5/c1-6-8-15-37-25-14-11-22(18-27(25)36-5)29-28-30(34)24-16-19(3)20(4)17-26(24)38-31(28)32(35)33(29)23-12-9-21(7-2)10-13-23/h9-14,16-18,29H,6-8,15H2,1-5H3. The molecule has 1 atom stereocenters. The number of methoxy groups -OCH3 is 1. The lowest BCUT2D eigenvalue weighted by Gasteiger charge is -2.26. The van der Waals surface area contributed by atoms with E-state index in [-0.39, 0.29) is 17.1 Å². The number of anilines is 1. The molecular formula is C32H33NO5. The third kappa shape index (κ3) is 4.34. The van der Waals surface area contributed by atoms with E-state index in [4.69, 9.17) is 13.9 Å². The SMILES string of the molecule is CCCCOc1ccc(C2c3c(oc4cc(C)c(C)cc4c3=O)C(=O)N2c2ccc(CC)cc2)cc1OC. The minimum absolute atomic E-state index is 0.0811. The number of fused-ring (bicyclic) bond motifs is 2. The lowest BCUT2D eigenvalue weighted by molar-refractivity contribution is 0.0971. The van der Waals surface area contributed by atoms with Crippen molar-refractivity contribution in [2.45, 2.75) is 53.0 Å². The summed E-state index contributed by atoms with van der Waals surface area (Å²) in [4.78, 5) is 29.6. The summed E-state index contributed by atoms with van der Waals surface area (Å²) in [7, 11) is 1.59. The molecule has 0 bridgehead atoms. The maximum atomic E-state index is 14.0. The Kier molecular flexibility index (Phi) is 6.98. The predicted molar refractivity (Wildman–Crippen MR) is 150 cm³/mol. The Morgan fingerprint density at radius 3 is 2.34 bits per heavy atom. The highest BCUT2D eigenvalue weighted by Gasteiger charge is 2.44. The summed E-state index contributed by atoms with van der Waals surface area (Å²) in [6.45, 7) is 8.71. The highest BCUT2D eigenvalue weighted by atomic mass is 16.5. The fraction of sp³-hybridized carbons (Fsp3) is 0.312. The van der Waals surface area contributed by atoms with Gasteiger partial charge in [0, 0.05) is 5.69 Å². The second kappa shape index (κ2) is 10.4. The van der Waals surface area contributed by atoms with E-state index in [9.17, 15) is 9.59 Å². The number of nitrogens with zero attached hydrogens (tertiary/aromatic N) is 1. The van der Waals surface area contributed by atoms with Crippen LogP contribution in [0.3, 0.4) is 0 Å². The number of unbranched alkanes of at least 4 members (excludes halogenated alkanes) is 1. The average molecular weight is 512 g/mol. The molecule has 0 saturated carbocycles. The van der Waals surface area contributed by atoms with Crippen LogP contribution in [0, 0.1) is 13.8 Å². The number of ether oxygens (including phenoxy) is 2. The summed E-state index contributed by atoms with van der Waals surface area (Å²) in [6.07, 6.45) is 2.85. The second-order valence-corrected chi connectivity index (χ2v) is 9.82. The van der Waals surface area contributed by atoms with E-state index in [1.807, 2.05) is 68.4 Å². The van der Waals surface area contributed by atoms with Crippen LogP contribution in [0.2, 0.25) is 0 Å². The maximum absolute atomic E-state index is 14.0. The molecule has 5 rings (SSSR count). The molecule has 3 aromatic carbocycles. The minimum Gasteiger partial charge on any atom is -0.493 e. The summed E-state index contributed by atoms with van der Waals surface area (Å²) in [5.41, 5.74) is 5.16. The van der Waals surface area contributed by atoms with Crippen LogP contribution in [-0.4, -0.2) is 19.6 Å². The van der Waals surface area contributed by atoms with Crippen LogP contribution in [0.25, 0.3) is 11.0 Å². The molecule has 0 aliphatic carbocycles. The fourth-order valence-corrected chi connectivity index (χ4v) is 5.00. The summed E-state index contributed by atoms with van der Waals surface area (Å²) in [5, 5.41) is 0.472. The van der Waals surface area contributed by atoms with Crippen molar-refractivity contribution >= 4 is 22.6 Å². The molecular weight excluding hydrogens is 478 g/mol. The van der Waals surface area contributed by atoms with E-state index in [0.29, 0.717) is 40.3 Å². The summed E-state index contributed by atoms with van der Waals surface area (Å²) < 4.78 is 17.8. The van der Waals surface area contributed by atoms with Crippen LogP contribution < -0.4 is 19.8 Å². The fourth-order valence-electron chi connectivity index (χ4n) is 5.00. The van der Waals surface area contributed by atoms with Crippen molar-refractivity contribution in [3.8, 4) is 11.5 Å². The number of rotatable bonds is 8. The number of carbonyl (C=O) groups excluding carboxylic acids is 1. The first kappa shape index (κ1) is 25.6. The van der Waals surface area contributed by atoms with Crippen molar-refractivity contribution < 1.29 is 18.7 Å². The molecule has 1 aliphatic heterocycles. The number of hydrogen-bond donors (Lipinski definition) is 0. The Morgan fingerprint density at radius 2 is 1.66 bits per heavy atom. The zero-order valence-electron chi connectivity index (χ0n) is 22.6. The van der Waals surface area contributed by atoms with Gasteiger partial charge in [-0.3, -0.25) is 14.5 Å². The number of aryl methyl sites for hydroxylation is 3. The van der Waals surface area contributed by atoms with Gasteiger partial charge in [0.1, 0.15) is 5.58 Å². The third-order valence-corrected chi connectivity index (χ3v) is 7.37. The average Bonchev–Trinajstić information content (AvgIpc) is 3.22. The van der Waals surface area contributed by atoms with Crippen LogP contribution in [0.15, 0.2) is 63.8 Å². The van der Waals surface area contributed by atoms with E-state index in [1.165, 1.54) is 0 Å². The number of amides is 1. The van der Waals surface area contributed by atoms with Crippen LogP contribution in [0.1, 0.15) is 71.1 Å². The summed E-state index contributed by atoms with van der Waals surface area (Å²) >= 11 is 0. The smallest absolute Gasteiger partial charge is 0.295 e. The first-order chi connectivity index (χ1) is 18.4. The quantitative estimate of drug-likeness (QED) is 0.241. The van der Waals surface area contributed by atoms with Crippen LogP contribution in [0.5, 0.6) is 11.5 Å². The first-order valence-corrected chi connectivity index (χ1v) is 13.2. The number of hydrogen-bond acceptors (Lipinski definition) is 5. The Labute approximate surface area is 222 Å². The molecule has 6 heteroatoms. The maximum Gasteiger partial charge on any atom is 0.295 e. The van der Waals surface area contributed by atoms with Gasteiger partial charge < -0.3 is 13.9 Å². The van der Waals surface area contributed by atoms with Gasteiger partial charge in [-0.05, 0) is 85.3 Å². The Balaban J connectivity index is 1.72. The minimum atomic E-state index is -0.675. The lowest BCUT2D eigenvalue weighted by Crippen LogP contribution is -2.29. The largest absolute Gasteiger partial charge is 0.493 e. The lowest BCUT2D eigenvalue weighted by atomic mass is 9.96. The topological polar surface area (TPSA) is 69.0 Å².